The van der Waals surface area contributed by atoms with Gasteiger partial charge in [0.05, 0.1) is 11.8 Å². The van der Waals surface area contributed by atoms with Gasteiger partial charge in [0.2, 0.25) is 0 Å². The van der Waals surface area contributed by atoms with Crippen LogP contribution in [0.5, 0.6) is 0 Å². The molecule has 0 radical (unpaired) electrons. The Labute approximate surface area is 127 Å². The Hall–Kier alpha value is -2.35. The molecule has 1 amide bonds. The first-order valence-corrected chi connectivity index (χ1v) is 6.59. The molecule has 0 spiro atoms. The van der Waals surface area contributed by atoms with Crippen LogP contribution in [0.2, 0.25) is 0 Å². The van der Waals surface area contributed by atoms with Gasteiger partial charge in [0.15, 0.2) is 10.5 Å². The lowest BCUT2D eigenvalue weighted by Gasteiger charge is -2.07. The van der Waals surface area contributed by atoms with Gasteiger partial charge < -0.3 is 20.7 Å². The van der Waals surface area contributed by atoms with Gasteiger partial charge in [0.1, 0.15) is 5.82 Å². The van der Waals surface area contributed by atoms with Gasteiger partial charge in [-0.2, -0.15) is 0 Å². The molecule has 2 rings (SSSR count). The minimum atomic E-state index is -0.564. The molecule has 8 heteroatoms. The number of halogens is 2. The Morgan fingerprint density at radius 3 is 2.81 bits per heavy atom. The highest BCUT2D eigenvalue weighted by Crippen LogP contribution is 2.17. The van der Waals surface area contributed by atoms with Crippen molar-refractivity contribution >= 4 is 27.7 Å². The molecule has 1 heterocycles. The molecule has 0 aliphatic rings. The van der Waals surface area contributed by atoms with Gasteiger partial charge in [0.25, 0.3) is 5.91 Å². The maximum absolute atomic E-state index is 13.8. The lowest BCUT2D eigenvalue weighted by Crippen LogP contribution is -2.23. The van der Waals surface area contributed by atoms with E-state index in [1.165, 1.54) is 24.5 Å². The zero-order valence-corrected chi connectivity index (χ0v) is 12.2. The molecule has 0 fully saturated rings. The quantitative estimate of drug-likeness (QED) is 0.338. The summed E-state index contributed by atoms with van der Waals surface area (Å²) in [5.41, 5.74) is 6.21. The molecule has 0 saturated carbocycles. The molecular formula is C13H11BrFN3O3. The van der Waals surface area contributed by atoms with Crippen molar-refractivity contribution < 1.29 is 18.8 Å². The number of nitrogens with one attached hydrogen (secondary N) is 1. The topological polar surface area (TPSA) is 101 Å². The zero-order chi connectivity index (χ0) is 15.4. The van der Waals surface area contributed by atoms with E-state index < -0.39 is 11.7 Å². The summed E-state index contributed by atoms with van der Waals surface area (Å²) in [6.45, 7) is -0.00125. The van der Waals surface area contributed by atoms with E-state index in [0.717, 1.165) is 6.07 Å². The standard InChI is InChI=1S/C13H11BrFN3O3/c14-11-9(3-4-21-11)13(19)17-6-8-2-1-7(5-10(8)15)12(16)18-20/h1-5,20H,6H2,(H2,16,18)(H,17,19). The average molecular weight is 356 g/mol. The molecule has 0 bridgehead atoms. The number of hydrogen-bond acceptors (Lipinski definition) is 4. The molecule has 0 aliphatic heterocycles. The van der Waals surface area contributed by atoms with Crippen molar-refractivity contribution in [3.05, 3.63) is 57.7 Å². The number of amides is 1. The smallest absolute Gasteiger partial charge is 0.256 e. The molecule has 4 N–H and O–H groups in total. The van der Waals surface area contributed by atoms with Gasteiger partial charge in [-0.25, -0.2) is 4.39 Å². The second kappa shape index (κ2) is 6.40. The minimum Gasteiger partial charge on any atom is -0.457 e. The van der Waals surface area contributed by atoms with Gasteiger partial charge in [-0.05, 0) is 28.1 Å². The second-order valence-electron chi connectivity index (χ2n) is 4.08. The number of hydrogen-bond donors (Lipinski definition) is 3. The van der Waals surface area contributed by atoms with E-state index in [2.05, 4.69) is 26.4 Å². The van der Waals surface area contributed by atoms with E-state index in [9.17, 15) is 9.18 Å². The van der Waals surface area contributed by atoms with Crippen LogP contribution < -0.4 is 11.1 Å². The van der Waals surface area contributed by atoms with Crippen LogP contribution in [0.15, 0.2) is 44.8 Å². The summed E-state index contributed by atoms with van der Waals surface area (Å²) < 4.78 is 19.1. The number of nitrogens with zero attached hydrogens (tertiary/aromatic N) is 1. The summed E-state index contributed by atoms with van der Waals surface area (Å²) in [5.74, 6) is -1.15. The molecule has 0 unspecified atom stereocenters. The van der Waals surface area contributed by atoms with Crippen LogP contribution in [-0.2, 0) is 6.54 Å². The third-order valence-electron chi connectivity index (χ3n) is 2.76. The number of nitrogens with two attached hydrogens (primary N) is 1. The fourth-order valence-electron chi connectivity index (χ4n) is 1.63. The summed E-state index contributed by atoms with van der Waals surface area (Å²) in [6, 6.07) is 5.57. The van der Waals surface area contributed by atoms with Crippen molar-refractivity contribution in [3.63, 3.8) is 0 Å². The van der Waals surface area contributed by atoms with Crippen LogP contribution in [0, 0.1) is 5.82 Å². The minimum absolute atomic E-state index is 0.00125. The van der Waals surface area contributed by atoms with E-state index in [4.69, 9.17) is 15.4 Å². The molecular weight excluding hydrogens is 345 g/mol. The van der Waals surface area contributed by atoms with Crippen LogP contribution in [0.1, 0.15) is 21.5 Å². The Morgan fingerprint density at radius 2 is 2.24 bits per heavy atom. The Bertz CT molecular complexity index is 700. The first-order valence-electron chi connectivity index (χ1n) is 5.80. The average Bonchev–Trinajstić information content (AvgIpc) is 2.91. The van der Waals surface area contributed by atoms with Gasteiger partial charge in [-0.3, -0.25) is 4.79 Å². The Balaban J connectivity index is 2.07. The predicted octanol–water partition coefficient (Wildman–Crippen LogP) is 2.21. The highest BCUT2D eigenvalue weighted by molar-refractivity contribution is 9.10. The molecule has 0 saturated heterocycles. The van der Waals surface area contributed by atoms with E-state index in [1.54, 1.807) is 0 Å². The predicted molar refractivity (Wildman–Crippen MR) is 76.5 cm³/mol. The monoisotopic (exact) mass is 355 g/mol. The number of carbonyl (C=O) groups excluding carboxylic acids is 1. The summed E-state index contributed by atoms with van der Waals surface area (Å²) in [4.78, 5) is 11.8. The van der Waals surface area contributed by atoms with Crippen molar-refractivity contribution in [3.8, 4) is 0 Å². The number of benzene rings is 1. The fraction of sp³-hybridized carbons (Fsp3) is 0.0769. The van der Waals surface area contributed by atoms with Crippen molar-refractivity contribution in [1.82, 2.24) is 5.32 Å². The van der Waals surface area contributed by atoms with Crippen LogP contribution in [-0.4, -0.2) is 17.0 Å². The molecule has 0 aliphatic carbocycles. The Kier molecular flexibility index (Phi) is 4.59. The number of amidine groups is 1. The van der Waals surface area contributed by atoms with Crippen molar-refractivity contribution in [2.75, 3.05) is 0 Å². The molecule has 110 valence electrons. The molecule has 0 atom stereocenters. The van der Waals surface area contributed by atoms with Gasteiger partial charge in [-0.1, -0.05) is 17.3 Å². The van der Waals surface area contributed by atoms with Gasteiger partial charge in [-0.15, -0.1) is 0 Å². The summed E-state index contributed by atoms with van der Waals surface area (Å²) in [6.07, 6.45) is 1.37. The van der Waals surface area contributed by atoms with E-state index in [1.807, 2.05) is 0 Å². The summed E-state index contributed by atoms with van der Waals surface area (Å²) in [7, 11) is 0. The van der Waals surface area contributed by atoms with Gasteiger partial charge in [0, 0.05) is 17.7 Å². The molecule has 6 nitrogen and oxygen atoms in total. The van der Waals surface area contributed by atoms with Crippen molar-refractivity contribution in [2.45, 2.75) is 6.54 Å². The normalized spacial score (nSPS) is 11.4. The van der Waals surface area contributed by atoms with Crippen molar-refractivity contribution in [2.24, 2.45) is 10.9 Å². The van der Waals surface area contributed by atoms with Gasteiger partial charge >= 0.3 is 0 Å². The van der Waals surface area contributed by atoms with Crippen molar-refractivity contribution in [1.29, 1.82) is 0 Å². The number of carbonyl (C=O) groups is 1. The summed E-state index contributed by atoms with van der Waals surface area (Å²) >= 11 is 3.09. The maximum Gasteiger partial charge on any atom is 0.256 e. The third kappa shape index (κ3) is 3.40. The van der Waals surface area contributed by atoms with E-state index in [0.29, 0.717) is 10.2 Å². The Morgan fingerprint density at radius 1 is 1.48 bits per heavy atom. The van der Waals surface area contributed by atoms with Crippen LogP contribution in [0.3, 0.4) is 0 Å². The molecule has 21 heavy (non-hydrogen) atoms. The lowest BCUT2D eigenvalue weighted by atomic mass is 10.1. The van der Waals surface area contributed by atoms with Crippen LogP contribution >= 0.6 is 15.9 Å². The largest absolute Gasteiger partial charge is 0.457 e. The first-order chi connectivity index (χ1) is 10.0. The molecule has 1 aromatic heterocycles. The number of rotatable bonds is 4. The molecule has 2 aromatic rings. The summed E-state index contributed by atoms with van der Waals surface area (Å²) in [5, 5.41) is 13.9. The van der Waals surface area contributed by atoms with E-state index >= 15 is 0 Å². The number of furan rings is 1. The lowest BCUT2D eigenvalue weighted by molar-refractivity contribution is 0.0949. The second-order valence-corrected chi connectivity index (χ2v) is 4.80. The highest BCUT2D eigenvalue weighted by Gasteiger charge is 2.13. The zero-order valence-electron chi connectivity index (χ0n) is 10.6. The fourth-order valence-corrected chi connectivity index (χ4v) is 2.05. The third-order valence-corrected chi connectivity index (χ3v) is 3.37. The SMILES string of the molecule is N/C(=N/O)c1ccc(CNC(=O)c2ccoc2Br)c(F)c1. The molecule has 1 aromatic carbocycles. The first kappa shape index (κ1) is 15.0. The highest BCUT2D eigenvalue weighted by atomic mass is 79.9. The van der Waals surface area contributed by atoms with Crippen LogP contribution in [0.25, 0.3) is 0 Å². The van der Waals surface area contributed by atoms with E-state index in [-0.39, 0.29) is 23.5 Å². The maximum atomic E-state index is 13.8. The van der Waals surface area contributed by atoms with Crippen LogP contribution in [0.4, 0.5) is 4.39 Å². The number of oxime groups is 1.